The fraction of sp³-hybridized carbons (Fsp3) is 0.125. The smallest absolute Gasteiger partial charge is 0.171 e. The first-order valence-corrected chi connectivity index (χ1v) is 8.03. The van der Waals surface area contributed by atoms with Crippen LogP contribution >= 0.6 is 31.9 Å². The largest absolute Gasteiger partial charge is 0.331 e. The van der Waals surface area contributed by atoms with Crippen molar-refractivity contribution in [3.63, 3.8) is 0 Å². The van der Waals surface area contributed by atoms with E-state index >= 15 is 0 Å². The SMILES string of the molecule is Cn1c(CC(=O)c2ccc(Br)cc2Br)nc2ccccc21. The molecule has 0 fully saturated rings. The summed E-state index contributed by atoms with van der Waals surface area (Å²) in [6.45, 7) is 0. The third kappa shape index (κ3) is 2.80. The number of nitrogens with zero attached hydrogens (tertiary/aromatic N) is 2. The number of benzene rings is 2. The number of fused-ring (bicyclic) bond motifs is 1. The zero-order valence-corrected chi connectivity index (χ0v) is 14.5. The highest BCUT2D eigenvalue weighted by Gasteiger charge is 2.15. The van der Waals surface area contributed by atoms with Gasteiger partial charge in [0, 0.05) is 21.6 Å². The van der Waals surface area contributed by atoms with Crippen LogP contribution in [0.1, 0.15) is 16.2 Å². The molecule has 0 saturated heterocycles. The number of imidazole rings is 1. The van der Waals surface area contributed by atoms with Gasteiger partial charge >= 0.3 is 0 Å². The molecule has 5 heteroatoms. The van der Waals surface area contributed by atoms with Gasteiger partial charge in [-0.3, -0.25) is 4.79 Å². The van der Waals surface area contributed by atoms with E-state index in [1.54, 1.807) is 0 Å². The summed E-state index contributed by atoms with van der Waals surface area (Å²) in [5.74, 6) is 0.823. The topological polar surface area (TPSA) is 34.9 Å². The van der Waals surface area contributed by atoms with Crippen LogP contribution in [0.25, 0.3) is 11.0 Å². The Bertz CT molecular complexity index is 839. The predicted octanol–water partition coefficient (Wildman–Crippen LogP) is 4.52. The number of carbonyl (C=O) groups excluding carboxylic acids is 1. The molecule has 0 spiro atoms. The van der Waals surface area contributed by atoms with E-state index in [9.17, 15) is 4.79 Å². The van der Waals surface area contributed by atoms with Crippen LogP contribution in [0.4, 0.5) is 0 Å². The van der Waals surface area contributed by atoms with Crippen LogP contribution in [0.15, 0.2) is 51.4 Å². The number of aryl methyl sites for hydroxylation is 1. The van der Waals surface area contributed by atoms with E-state index in [2.05, 4.69) is 36.8 Å². The lowest BCUT2D eigenvalue weighted by Gasteiger charge is -2.05. The van der Waals surface area contributed by atoms with Gasteiger partial charge in [0.25, 0.3) is 0 Å². The van der Waals surface area contributed by atoms with Gasteiger partial charge in [-0.2, -0.15) is 0 Å². The maximum absolute atomic E-state index is 12.5. The molecule has 21 heavy (non-hydrogen) atoms. The lowest BCUT2D eigenvalue weighted by atomic mass is 10.1. The fourth-order valence-electron chi connectivity index (χ4n) is 2.31. The number of hydrogen-bond donors (Lipinski definition) is 0. The lowest BCUT2D eigenvalue weighted by molar-refractivity contribution is 0.0989. The van der Waals surface area contributed by atoms with Gasteiger partial charge in [0.1, 0.15) is 5.82 Å². The molecule has 2 aromatic carbocycles. The van der Waals surface area contributed by atoms with Gasteiger partial charge in [-0.05, 0) is 30.3 Å². The number of carbonyl (C=O) groups is 1. The molecule has 0 N–H and O–H groups in total. The zero-order chi connectivity index (χ0) is 15.0. The molecule has 3 aromatic rings. The van der Waals surface area contributed by atoms with Crippen molar-refractivity contribution in [3.8, 4) is 0 Å². The summed E-state index contributed by atoms with van der Waals surface area (Å²) in [6.07, 6.45) is 0.283. The second-order valence-corrected chi connectivity index (χ2v) is 6.57. The summed E-state index contributed by atoms with van der Waals surface area (Å²) in [4.78, 5) is 17.0. The van der Waals surface area contributed by atoms with Crippen molar-refractivity contribution in [1.29, 1.82) is 0 Å². The minimum Gasteiger partial charge on any atom is -0.331 e. The number of hydrogen-bond acceptors (Lipinski definition) is 2. The van der Waals surface area contributed by atoms with Gasteiger partial charge in [0.2, 0.25) is 0 Å². The maximum Gasteiger partial charge on any atom is 0.171 e. The van der Waals surface area contributed by atoms with Crippen LogP contribution in [0.5, 0.6) is 0 Å². The molecule has 0 bridgehead atoms. The first kappa shape index (κ1) is 14.5. The molecule has 3 nitrogen and oxygen atoms in total. The minimum atomic E-state index is 0.0489. The third-order valence-corrected chi connectivity index (χ3v) is 4.58. The summed E-state index contributed by atoms with van der Waals surface area (Å²) in [7, 11) is 1.94. The number of halogens is 2. The summed E-state index contributed by atoms with van der Waals surface area (Å²) in [6, 6.07) is 13.5. The first-order valence-electron chi connectivity index (χ1n) is 6.45. The molecule has 3 rings (SSSR count). The van der Waals surface area contributed by atoms with Gasteiger partial charge in [-0.15, -0.1) is 0 Å². The second-order valence-electron chi connectivity index (χ2n) is 4.80. The normalized spacial score (nSPS) is 11.0. The molecule has 0 radical (unpaired) electrons. The average Bonchev–Trinajstić information content (AvgIpc) is 2.76. The van der Waals surface area contributed by atoms with Crippen LogP contribution < -0.4 is 0 Å². The predicted molar refractivity (Wildman–Crippen MR) is 90.6 cm³/mol. The molecule has 106 valence electrons. The molecule has 0 aliphatic carbocycles. The monoisotopic (exact) mass is 406 g/mol. The highest BCUT2D eigenvalue weighted by atomic mass is 79.9. The van der Waals surface area contributed by atoms with Crippen molar-refractivity contribution in [2.45, 2.75) is 6.42 Å². The Hall–Kier alpha value is -1.46. The van der Waals surface area contributed by atoms with E-state index in [-0.39, 0.29) is 12.2 Å². The van der Waals surface area contributed by atoms with Gasteiger partial charge < -0.3 is 4.57 Å². The molecule has 0 aliphatic heterocycles. The Morgan fingerprint density at radius 2 is 1.95 bits per heavy atom. The van der Waals surface area contributed by atoms with Crippen LogP contribution in [0, 0.1) is 0 Å². The van der Waals surface area contributed by atoms with E-state index in [0.717, 1.165) is 25.8 Å². The highest BCUT2D eigenvalue weighted by Crippen LogP contribution is 2.24. The summed E-state index contributed by atoms with van der Waals surface area (Å²) in [5, 5.41) is 0. The number of para-hydroxylation sites is 2. The van der Waals surface area contributed by atoms with Crippen molar-refractivity contribution >= 4 is 48.7 Å². The Morgan fingerprint density at radius 3 is 2.67 bits per heavy atom. The third-order valence-electron chi connectivity index (χ3n) is 3.43. The molecular formula is C16H12Br2N2O. The van der Waals surface area contributed by atoms with Gasteiger partial charge in [0.05, 0.1) is 17.5 Å². The Kier molecular flexibility index (Phi) is 3.95. The van der Waals surface area contributed by atoms with E-state index in [4.69, 9.17) is 0 Å². The second kappa shape index (κ2) is 5.73. The van der Waals surface area contributed by atoms with Crippen molar-refractivity contribution in [3.05, 3.63) is 62.8 Å². The maximum atomic E-state index is 12.5. The molecule has 0 amide bonds. The average molecular weight is 408 g/mol. The van der Waals surface area contributed by atoms with E-state index in [1.807, 2.05) is 54.1 Å². The Balaban J connectivity index is 1.94. The Morgan fingerprint density at radius 1 is 1.19 bits per heavy atom. The number of ketones is 1. The number of rotatable bonds is 3. The van der Waals surface area contributed by atoms with Crippen LogP contribution in [0.2, 0.25) is 0 Å². The van der Waals surface area contributed by atoms with Crippen LogP contribution in [-0.4, -0.2) is 15.3 Å². The molecule has 0 atom stereocenters. The quantitative estimate of drug-likeness (QED) is 0.598. The Labute approximate surface area is 139 Å². The van der Waals surface area contributed by atoms with E-state index in [1.165, 1.54) is 0 Å². The van der Waals surface area contributed by atoms with Gasteiger partial charge in [-0.1, -0.05) is 44.0 Å². The number of Topliss-reactive ketones (excluding diaryl/α,β-unsaturated/α-hetero) is 1. The van der Waals surface area contributed by atoms with Crippen LogP contribution in [-0.2, 0) is 13.5 Å². The van der Waals surface area contributed by atoms with Crippen molar-refractivity contribution in [2.75, 3.05) is 0 Å². The number of aromatic nitrogens is 2. The summed E-state index contributed by atoms with van der Waals surface area (Å²) < 4.78 is 3.70. The molecule has 0 unspecified atom stereocenters. The molecule has 0 aliphatic rings. The highest BCUT2D eigenvalue weighted by molar-refractivity contribution is 9.11. The minimum absolute atomic E-state index is 0.0489. The first-order chi connectivity index (χ1) is 10.1. The molecule has 1 aromatic heterocycles. The zero-order valence-electron chi connectivity index (χ0n) is 11.3. The van der Waals surface area contributed by atoms with Crippen molar-refractivity contribution < 1.29 is 4.79 Å². The fourth-order valence-corrected chi connectivity index (χ4v) is 3.58. The molecule has 1 heterocycles. The standard InChI is InChI=1S/C16H12Br2N2O/c1-20-14-5-3-2-4-13(14)19-16(20)9-15(21)11-7-6-10(17)8-12(11)18/h2-8H,9H2,1H3. The van der Waals surface area contributed by atoms with E-state index in [0.29, 0.717) is 5.56 Å². The van der Waals surface area contributed by atoms with E-state index < -0.39 is 0 Å². The van der Waals surface area contributed by atoms with Crippen LogP contribution in [0.3, 0.4) is 0 Å². The van der Waals surface area contributed by atoms with Crippen molar-refractivity contribution in [1.82, 2.24) is 9.55 Å². The van der Waals surface area contributed by atoms with Crippen molar-refractivity contribution in [2.24, 2.45) is 7.05 Å². The summed E-state index contributed by atoms with van der Waals surface area (Å²) >= 11 is 6.83. The van der Waals surface area contributed by atoms with Gasteiger partial charge in [-0.25, -0.2) is 4.98 Å². The molecule has 0 saturated carbocycles. The van der Waals surface area contributed by atoms with Gasteiger partial charge in [0.15, 0.2) is 5.78 Å². The lowest BCUT2D eigenvalue weighted by Crippen LogP contribution is -2.09. The molecular weight excluding hydrogens is 396 g/mol. The summed E-state index contributed by atoms with van der Waals surface area (Å²) in [5.41, 5.74) is 2.62.